The minimum Gasteiger partial charge on any atom is -0.465 e. The number of rotatable bonds is 5. The lowest BCUT2D eigenvalue weighted by atomic mass is 10.2. The van der Waals surface area contributed by atoms with Crippen molar-refractivity contribution in [1.29, 1.82) is 0 Å². The van der Waals surface area contributed by atoms with Gasteiger partial charge < -0.3 is 10.1 Å². The number of carbonyl (C=O) groups is 2. The number of methoxy groups -OCH3 is 1. The van der Waals surface area contributed by atoms with E-state index in [1.807, 2.05) is 0 Å². The first-order valence-corrected chi connectivity index (χ1v) is 6.72. The molecule has 1 rings (SSSR count). The van der Waals surface area contributed by atoms with Gasteiger partial charge in [0, 0.05) is 5.69 Å². The van der Waals surface area contributed by atoms with Gasteiger partial charge in [-0.3, -0.25) is 8.98 Å². The summed E-state index contributed by atoms with van der Waals surface area (Å²) in [5.74, 6) is -2.11. The third-order valence-electron chi connectivity index (χ3n) is 2.13. The summed E-state index contributed by atoms with van der Waals surface area (Å²) in [6.45, 7) is 0. The molecule has 0 radical (unpaired) electrons. The molecule has 0 fully saturated rings. The number of carbonyl (C=O) groups excluding carboxylic acids is 2. The molecule has 0 saturated carbocycles. The molecule has 0 aliphatic rings. The Kier molecular flexibility index (Phi) is 5.02. The first-order chi connectivity index (χ1) is 8.88. The molecule has 0 bridgehead atoms. The Morgan fingerprint density at radius 1 is 1.26 bits per heavy atom. The van der Waals surface area contributed by atoms with Crippen LogP contribution in [0.5, 0.6) is 0 Å². The molecule has 0 saturated heterocycles. The van der Waals surface area contributed by atoms with E-state index in [2.05, 4.69) is 14.2 Å². The predicted molar refractivity (Wildman–Crippen MR) is 67.2 cm³/mol. The molecular weight excluding hydrogens is 274 g/mol. The molecule has 1 aromatic carbocycles. The number of nitrogens with one attached hydrogen (secondary N) is 1. The summed E-state index contributed by atoms with van der Waals surface area (Å²) in [7, 11) is -1.67. The molecule has 1 N–H and O–H groups in total. The minimum atomic E-state index is -3.87. The molecule has 0 unspecified atom stereocenters. The van der Waals surface area contributed by atoms with E-state index < -0.39 is 27.7 Å². The van der Waals surface area contributed by atoms with Gasteiger partial charge in [0.2, 0.25) is 5.91 Å². The number of amides is 1. The zero-order chi connectivity index (χ0) is 14.5. The van der Waals surface area contributed by atoms with E-state index in [0.29, 0.717) is 5.69 Å². The van der Waals surface area contributed by atoms with Crippen LogP contribution in [-0.2, 0) is 23.8 Å². The first-order valence-electron chi connectivity index (χ1n) is 5.14. The smallest absolute Gasteiger partial charge is 0.337 e. The highest BCUT2D eigenvalue weighted by atomic mass is 32.2. The van der Waals surface area contributed by atoms with Crippen LogP contribution in [0.15, 0.2) is 24.3 Å². The van der Waals surface area contributed by atoms with Crippen molar-refractivity contribution in [3.63, 3.8) is 0 Å². The van der Waals surface area contributed by atoms with Crippen molar-refractivity contribution >= 4 is 27.7 Å². The summed E-state index contributed by atoms with van der Waals surface area (Å²) in [5.41, 5.74) is 0.536. The fraction of sp³-hybridized carbons (Fsp3) is 0.273. The zero-order valence-electron chi connectivity index (χ0n) is 10.4. The molecule has 0 spiro atoms. The molecule has 8 heteroatoms. The van der Waals surface area contributed by atoms with Crippen LogP contribution in [0.1, 0.15) is 10.4 Å². The summed E-state index contributed by atoms with van der Waals surface area (Å²) >= 11 is 0. The molecule has 104 valence electrons. The van der Waals surface area contributed by atoms with E-state index in [-0.39, 0.29) is 5.56 Å². The lowest BCUT2D eigenvalue weighted by Crippen LogP contribution is -2.23. The summed E-state index contributed by atoms with van der Waals surface area (Å²) < 4.78 is 30.8. The molecule has 0 aromatic heterocycles. The molecule has 0 aliphatic heterocycles. The van der Waals surface area contributed by atoms with Gasteiger partial charge in [-0.15, -0.1) is 0 Å². The average molecular weight is 287 g/mol. The Hall–Kier alpha value is -1.93. The van der Waals surface area contributed by atoms with Crippen molar-refractivity contribution in [2.45, 2.75) is 0 Å². The average Bonchev–Trinajstić information content (AvgIpc) is 2.37. The van der Waals surface area contributed by atoms with Crippen LogP contribution in [0.25, 0.3) is 0 Å². The van der Waals surface area contributed by atoms with Crippen LogP contribution in [0.3, 0.4) is 0 Å². The first kappa shape index (κ1) is 15.1. The normalized spacial score (nSPS) is 10.8. The van der Waals surface area contributed by atoms with Gasteiger partial charge in [-0.2, -0.15) is 8.42 Å². The number of anilines is 1. The topological polar surface area (TPSA) is 98.8 Å². The van der Waals surface area contributed by atoms with Crippen LogP contribution in [0, 0.1) is 0 Å². The second kappa shape index (κ2) is 6.30. The summed E-state index contributed by atoms with van der Waals surface area (Å²) in [6, 6.07) is 5.94. The van der Waals surface area contributed by atoms with Gasteiger partial charge in [-0.1, -0.05) is 6.07 Å². The highest BCUT2D eigenvalue weighted by molar-refractivity contribution is 7.87. The van der Waals surface area contributed by atoms with Crippen molar-refractivity contribution in [1.82, 2.24) is 0 Å². The molecular formula is C11H13NO6S. The SMILES string of the molecule is COC(=O)c1cccc(NC(=O)CS(=O)(=O)OC)c1. The fourth-order valence-corrected chi connectivity index (χ4v) is 1.77. The van der Waals surface area contributed by atoms with Crippen molar-refractivity contribution in [2.24, 2.45) is 0 Å². The molecule has 0 atom stereocenters. The second-order valence-corrected chi connectivity index (χ2v) is 5.23. The maximum Gasteiger partial charge on any atom is 0.337 e. The lowest BCUT2D eigenvalue weighted by Gasteiger charge is -2.06. The number of hydrogen-bond acceptors (Lipinski definition) is 6. The lowest BCUT2D eigenvalue weighted by molar-refractivity contribution is -0.114. The number of benzene rings is 1. The van der Waals surface area contributed by atoms with E-state index >= 15 is 0 Å². The fourth-order valence-electron chi connectivity index (χ4n) is 1.26. The summed E-state index contributed by atoms with van der Waals surface area (Å²) in [6.07, 6.45) is 0. The molecule has 0 heterocycles. The van der Waals surface area contributed by atoms with Gasteiger partial charge in [0.05, 0.1) is 19.8 Å². The third kappa shape index (κ3) is 4.68. The Balaban J connectivity index is 2.78. The monoisotopic (exact) mass is 287 g/mol. The Bertz CT molecular complexity index is 581. The molecule has 1 aromatic rings. The maximum absolute atomic E-state index is 11.5. The summed E-state index contributed by atoms with van der Waals surface area (Å²) in [5, 5.41) is 2.35. The van der Waals surface area contributed by atoms with E-state index in [1.165, 1.54) is 31.4 Å². The number of hydrogen-bond donors (Lipinski definition) is 1. The third-order valence-corrected chi connectivity index (χ3v) is 3.25. The zero-order valence-corrected chi connectivity index (χ0v) is 11.2. The van der Waals surface area contributed by atoms with Crippen molar-refractivity contribution in [3.05, 3.63) is 29.8 Å². The van der Waals surface area contributed by atoms with Gasteiger partial charge in [0.1, 0.15) is 0 Å². The standard InChI is InChI=1S/C11H13NO6S/c1-17-11(14)8-4-3-5-9(6-8)12-10(13)7-19(15,16)18-2/h3-6H,7H2,1-2H3,(H,12,13). The molecule has 0 aliphatic carbocycles. The largest absolute Gasteiger partial charge is 0.465 e. The number of ether oxygens (including phenoxy) is 1. The quantitative estimate of drug-likeness (QED) is 0.621. The maximum atomic E-state index is 11.5. The van der Waals surface area contributed by atoms with Crippen molar-refractivity contribution in [3.8, 4) is 0 Å². The second-order valence-electron chi connectivity index (χ2n) is 3.49. The van der Waals surface area contributed by atoms with E-state index in [1.54, 1.807) is 0 Å². The Morgan fingerprint density at radius 3 is 2.53 bits per heavy atom. The van der Waals surface area contributed by atoms with E-state index in [9.17, 15) is 18.0 Å². The van der Waals surface area contributed by atoms with Gasteiger partial charge >= 0.3 is 5.97 Å². The van der Waals surface area contributed by atoms with Crippen molar-refractivity contribution in [2.75, 3.05) is 25.3 Å². The minimum absolute atomic E-state index is 0.245. The molecule has 19 heavy (non-hydrogen) atoms. The van der Waals surface area contributed by atoms with Crippen LogP contribution < -0.4 is 5.32 Å². The predicted octanol–water partition coefficient (Wildman–Crippen LogP) is 0.388. The highest BCUT2D eigenvalue weighted by Crippen LogP contribution is 2.11. The van der Waals surface area contributed by atoms with E-state index in [0.717, 1.165) is 7.11 Å². The van der Waals surface area contributed by atoms with Crippen LogP contribution in [0.4, 0.5) is 5.69 Å². The van der Waals surface area contributed by atoms with Crippen LogP contribution in [0.2, 0.25) is 0 Å². The molecule has 7 nitrogen and oxygen atoms in total. The van der Waals surface area contributed by atoms with Gasteiger partial charge in [-0.25, -0.2) is 4.79 Å². The van der Waals surface area contributed by atoms with Gasteiger partial charge in [0.25, 0.3) is 10.1 Å². The molecule has 1 amide bonds. The summed E-state index contributed by atoms with van der Waals surface area (Å²) in [4.78, 5) is 22.7. The van der Waals surface area contributed by atoms with Crippen molar-refractivity contribution < 1.29 is 26.9 Å². The van der Waals surface area contributed by atoms with E-state index in [4.69, 9.17) is 0 Å². The number of esters is 1. The van der Waals surface area contributed by atoms with Crippen LogP contribution in [-0.4, -0.2) is 40.3 Å². The van der Waals surface area contributed by atoms with Crippen LogP contribution >= 0.6 is 0 Å². The van der Waals surface area contributed by atoms with Gasteiger partial charge in [0.15, 0.2) is 5.75 Å². The highest BCUT2D eigenvalue weighted by Gasteiger charge is 2.16. The Morgan fingerprint density at radius 2 is 1.95 bits per heavy atom. The van der Waals surface area contributed by atoms with Gasteiger partial charge in [-0.05, 0) is 18.2 Å². The Labute approximate surface area is 110 Å².